The van der Waals surface area contributed by atoms with Crippen LogP contribution in [-0.4, -0.2) is 41.4 Å². The topological polar surface area (TPSA) is 98.1 Å². The zero-order chi connectivity index (χ0) is 20.0. The number of hydrogen-bond acceptors (Lipinski definition) is 7. The molecule has 0 saturated heterocycles. The van der Waals surface area contributed by atoms with Gasteiger partial charge >= 0.3 is 11.9 Å². The second kappa shape index (κ2) is 9.27. The van der Waals surface area contributed by atoms with Crippen molar-refractivity contribution in [1.29, 1.82) is 0 Å². The summed E-state index contributed by atoms with van der Waals surface area (Å²) >= 11 is 3.30. The van der Waals surface area contributed by atoms with Crippen LogP contribution in [0, 0.1) is 5.92 Å². The number of aliphatic imine (C=N–C) groups is 1. The molecule has 2 aromatic rings. The number of carbonyl (C=O) groups excluding carboxylic acids is 2. The van der Waals surface area contributed by atoms with Crippen molar-refractivity contribution in [1.82, 2.24) is 4.98 Å². The zero-order valence-corrected chi connectivity index (χ0v) is 16.6. The Morgan fingerprint density at radius 2 is 2.07 bits per heavy atom. The third-order valence-corrected chi connectivity index (χ3v) is 4.08. The van der Waals surface area contributed by atoms with Crippen molar-refractivity contribution in [2.45, 2.75) is 19.9 Å². The molecule has 0 aliphatic rings. The summed E-state index contributed by atoms with van der Waals surface area (Å²) in [6.45, 7) is 3.67. The highest BCUT2D eigenvalue weighted by molar-refractivity contribution is 9.10. The van der Waals surface area contributed by atoms with Crippen LogP contribution in [0.5, 0.6) is 11.5 Å². The van der Waals surface area contributed by atoms with E-state index in [1.54, 1.807) is 18.2 Å². The lowest BCUT2D eigenvalue weighted by atomic mass is 10.1. The van der Waals surface area contributed by atoms with Crippen molar-refractivity contribution in [3.8, 4) is 11.5 Å². The van der Waals surface area contributed by atoms with E-state index in [1.807, 2.05) is 13.8 Å². The maximum absolute atomic E-state index is 12.2. The number of rotatable bonds is 6. The second-order valence-corrected chi connectivity index (χ2v) is 6.88. The Labute approximate surface area is 165 Å². The van der Waals surface area contributed by atoms with Crippen LogP contribution < -0.4 is 4.74 Å². The van der Waals surface area contributed by atoms with Gasteiger partial charge in [-0.3, -0.25) is 9.98 Å². The van der Waals surface area contributed by atoms with Crippen molar-refractivity contribution < 1.29 is 24.2 Å². The molecule has 0 aliphatic heterocycles. The Morgan fingerprint density at radius 1 is 1.33 bits per heavy atom. The average molecular weight is 435 g/mol. The van der Waals surface area contributed by atoms with Crippen LogP contribution in [-0.2, 0) is 9.53 Å². The molecule has 8 heteroatoms. The van der Waals surface area contributed by atoms with Gasteiger partial charge in [0, 0.05) is 28.6 Å². The third-order valence-electron chi connectivity index (χ3n) is 3.62. The smallest absolute Gasteiger partial charge is 0.345 e. The Bertz CT molecular complexity index is 853. The van der Waals surface area contributed by atoms with Crippen molar-refractivity contribution in [3.05, 3.63) is 52.3 Å². The van der Waals surface area contributed by atoms with Crippen LogP contribution >= 0.6 is 15.9 Å². The molecule has 142 valence electrons. The van der Waals surface area contributed by atoms with Gasteiger partial charge in [0.25, 0.3) is 0 Å². The molecule has 1 aromatic carbocycles. The van der Waals surface area contributed by atoms with E-state index in [4.69, 9.17) is 9.47 Å². The fourth-order valence-electron chi connectivity index (χ4n) is 2.20. The number of halogens is 1. The van der Waals surface area contributed by atoms with Crippen molar-refractivity contribution in [2.75, 3.05) is 7.11 Å². The summed E-state index contributed by atoms with van der Waals surface area (Å²) in [6, 6.07) is 5.50. The van der Waals surface area contributed by atoms with E-state index >= 15 is 0 Å². The number of carbonyl (C=O) groups is 2. The molecule has 0 saturated carbocycles. The number of nitrogens with zero attached hydrogens (tertiary/aromatic N) is 2. The number of methoxy groups -OCH3 is 1. The Hall–Kier alpha value is -2.74. The number of esters is 2. The van der Waals surface area contributed by atoms with Crippen LogP contribution in [0.3, 0.4) is 0 Å². The van der Waals surface area contributed by atoms with Crippen LogP contribution in [0.25, 0.3) is 0 Å². The number of phenolic OH excluding ortho intramolecular Hbond substituents is 1. The predicted molar refractivity (Wildman–Crippen MR) is 103 cm³/mol. The van der Waals surface area contributed by atoms with Crippen LogP contribution in [0.4, 0.5) is 0 Å². The van der Waals surface area contributed by atoms with Gasteiger partial charge in [-0.05, 0) is 30.2 Å². The fourth-order valence-corrected chi connectivity index (χ4v) is 2.65. The lowest BCUT2D eigenvalue weighted by Crippen LogP contribution is -2.26. The van der Waals surface area contributed by atoms with Crippen molar-refractivity contribution in [3.63, 3.8) is 0 Å². The molecule has 1 unspecified atom stereocenters. The van der Waals surface area contributed by atoms with Gasteiger partial charge in [0.2, 0.25) is 0 Å². The standard InChI is InChI=1S/C19H19BrN2O5/c1-11(2)16(19(25)26-3)22-10-13-7-14(20)8-15(17(13)23)27-18(24)12-5-4-6-21-9-12/h4-11,16,23H,1-3H3. The van der Waals surface area contributed by atoms with Crippen LogP contribution in [0.1, 0.15) is 29.8 Å². The molecule has 1 heterocycles. The highest BCUT2D eigenvalue weighted by Crippen LogP contribution is 2.33. The molecule has 0 aliphatic carbocycles. The van der Waals surface area contributed by atoms with Crippen molar-refractivity contribution in [2.24, 2.45) is 10.9 Å². The Morgan fingerprint density at radius 3 is 2.67 bits per heavy atom. The van der Waals surface area contributed by atoms with Gasteiger partial charge in [0.1, 0.15) is 6.04 Å². The summed E-state index contributed by atoms with van der Waals surface area (Å²) in [5.41, 5.74) is 0.533. The van der Waals surface area contributed by atoms with E-state index in [1.165, 1.54) is 31.8 Å². The number of ether oxygens (including phenoxy) is 2. The lowest BCUT2D eigenvalue weighted by molar-refractivity contribution is -0.143. The molecule has 2 rings (SSSR count). The van der Waals surface area contributed by atoms with Gasteiger partial charge in [0.15, 0.2) is 11.5 Å². The predicted octanol–water partition coefficient (Wildman–Crippen LogP) is 3.39. The van der Waals surface area contributed by atoms with Gasteiger partial charge in [-0.1, -0.05) is 29.8 Å². The third kappa shape index (κ3) is 5.37. The molecule has 0 fully saturated rings. The highest BCUT2D eigenvalue weighted by atomic mass is 79.9. The quantitative estimate of drug-likeness (QED) is 0.425. The van der Waals surface area contributed by atoms with E-state index in [2.05, 4.69) is 25.9 Å². The summed E-state index contributed by atoms with van der Waals surface area (Å²) in [5, 5.41) is 10.4. The summed E-state index contributed by atoms with van der Waals surface area (Å²) in [5.74, 6) is -1.54. The average Bonchev–Trinajstić information content (AvgIpc) is 2.65. The molecule has 1 atom stereocenters. The molecule has 1 N–H and O–H groups in total. The van der Waals surface area contributed by atoms with Gasteiger partial charge in [-0.2, -0.15) is 0 Å². The number of phenols is 1. The Balaban J connectivity index is 2.30. The first-order valence-corrected chi connectivity index (χ1v) is 8.88. The van der Waals surface area contributed by atoms with Crippen molar-refractivity contribution >= 4 is 34.1 Å². The molecular formula is C19H19BrN2O5. The van der Waals surface area contributed by atoms with E-state index in [-0.39, 0.29) is 28.5 Å². The first kappa shape index (κ1) is 20.6. The maximum atomic E-state index is 12.2. The lowest BCUT2D eigenvalue weighted by Gasteiger charge is -2.14. The largest absolute Gasteiger partial charge is 0.504 e. The van der Waals surface area contributed by atoms with E-state index in [0.29, 0.717) is 4.47 Å². The maximum Gasteiger partial charge on any atom is 0.345 e. The number of aromatic hydroxyl groups is 1. The normalized spacial score (nSPS) is 12.2. The van der Waals surface area contributed by atoms with Crippen LogP contribution in [0.15, 0.2) is 46.1 Å². The number of hydrogen-bond donors (Lipinski definition) is 1. The Kier molecular flexibility index (Phi) is 7.06. The van der Waals surface area contributed by atoms with Gasteiger partial charge in [0.05, 0.1) is 12.7 Å². The van der Waals surface area contributed by atoms with E-state index in [0.717, 1.165) is 0 Å². The SMILES string of the molecule is COC(=O)C(N=Cc1cc(Br)cc(OC(=O)c2cccnc2)c1O)C(C)C. The first-order chi connectivity index (χ1) is 12.8. The van der Waals surface area contributed by atoms with Crippen LogP contribution in [0.2, 0.25) is 0 Å². The minimum absolute atomic E-state index is 0.0427. The highest BCUT2D eigenvalue weighted by Gasteiger charge is 2.22. The molecule has 27 heavy (non-hydrogen) atoms. The molecule has 7 nitrogen and oxygen atoms in total. The molecule has 0 radical (unpaired) electrons. The zero-order valence-electron chi connectivity index (χ0n) is 15.0. The molecule has 0 spiro atoms. The number of aromatic nitrogens is 1. The summed E-state index contributed by atoms with van der Waals surface area (Å²) in [6.07, 6.45) is 4.25. The van der Waals surface area contributed by atoms with E-state index in [9.17, 15) is 14.7 Å². The van der Waals surface area contributed by atoms with Gasteiger partial charge in [-0.25, -0.2) is 9.59 Å². The second-order valence-electron chi connectivity index (χ2n) is 5.96. The summed E-state index contributed by atoms with van der Waals surface area (Å²) in [7, 11) is 1.29. The molecule has 1 aromatic heterocycles. The number of pyridine rings is 1. The summed E-state index contributed by atoms with van der Waals surface area (Å²) in [4.78, 5) is 32.1. The first-order valence-electron chi connectivity index (χ1n) is 8.09. The molecule has 0 amide bonds. The van der Waals surface area contributed by atoms with Gasteiger partial charge in [-0.15, -0.1) is 0 Å². The minimum atomic E-state index is -0.713. The monoisotopic (exact) mass is 434 g/mol. The molecule has 0 bridgehead atoms. The van der Waals surface area contributed by atoms with E-state index < -0.39 is 18.0 Å². The minimum Gasteiger partial charge on any atom is -0.504 e. The van der Waals surface area contributed by atoms with Gasteiger partial charge < -0.3 is 14.6 Å². The molecular weight excluding hydrogens is 416 g/mol. The number of benzene rings is 1. The fraction of sp³-hybridized carbons (Fsp3) is 0.263. The summed E-state index contributed by atoms with van der Waals surface area (Å²) < 4.78 is 10.6.